The Balaban J connectivity index is 0.000000190. The summed E-state index contributed by atoms with van der Waals surface area (Å²) in [6.07, 6.45) is 12.0. The number of carbonyl (C=O) groups excluding carboxylic acids is 3. The Bertz CT molecular complexity index is 2680. The Labute approximate surface area is 368 Å². The van der Waals surface area contributed by atoms with Crippen molar-refractivity contribution in [1.29, 1.82) is 0 Å². The highest BCUT2D eigenvalue weighted by atomic mass is 35.5. The topological polar surface area (TPSA) is 195 Å². The van der Waals surface area contributed by atoms with Crippen molar-refractivity contribution in [2.75, 3.05) is 48.8 Å². The first kappa shape index (κ1) is 44.2. The van der Waals surface area contributed by atoms with E-state index in [1.807, 2.05) is 54.6 Å². The minimum absolute atomic E-state index is 0.0112. The number of carbonyl (C=O) groups is 3. The minimum Gasteiger partial charge on any atom is -0.478 e. The number of hydrogen-bond acceptors (Lipinski definition) is 12. The molecule has 330 valence electrons. The molecule has 2 aliphatic heterocycles. The summed E-state index contributed by atoms with van der Waals surface area (Å²) in [6, 6.07) is 8.23. The van der Waals surface area contributed by atoms with Gasteiger partial charge in [0.15, 0.2) is 17.0 Å². The van der Waals surface area contributed by atoms with E-state index in [9.17, 15) is 18.8 Å². The predicted octanol–water partition coefficient (Wildman–Crippen LogP) is 5.84. The lowest BCUT2D eigenvalue weighted by molar-refractivity contribution is -0.126. The molecule has 0 radical (unpaired) electrons. The standard InChI is InChI=1S/C25H28ClN5O2.C18H22FN9O2/c1-3-4-11-22(32)30-14-6-5-8-19(16-30)31-23-20(26)9-7-10-21(23)28-25(31)29-24(33)18-12-13-27-17(2)15-18;1-5-13(29)21-11-8-28(6-10(11)19)18-23-15(14-16(24-18)26(2)9-20-14)22-12-7-27(3)25-17(12)30-4/h4,7,9-13,15,19H,3,5-6,8,14,16H2,1-2H3,(H,28,29,33);5,7,9-11H,1,6,8H2,2-4H3,(H,21,29)(H,22,23,24)/b11-4+;/t19-;10-,11-/m11/s1. The fraction of sp³-hybridized carbons (Fsp3) is 0.372. The lowest BCUT2D eigenvalue weighted by atomic mass is 10.1. The van der Waals surface area contributed by atoms with E-state index in [4.69, 9.17) is 21.3 Å². The number of ether oxygens (including phenoxy) is 1. The molecule has 2 fully saturated rings. The van der Waals surface area contributed by atoms with Crippen LogP contribution in [0.15, 0.2) is 73.9 Å². The van der Waals surface area contributed by atoms with Crippen LogP contribution in [0.2, 0.25) is 5.02 Å². The Morgan fingerprint density at radius 2 is 1.90 bits per heavy atom. The molecule has 3 atom stereocenters. The third-order valence-electron chi connectivity index (χ3n) is 10.7. The largest absolute Gasteiger partial charge is 0.478 e. The number of benzene rings is 1. The number of halogens is 2. The molecule has 2 saturated heterocycles. The van der Waals surface area contributed by atoms with Crippen LogP contribution in [0, 0.1) is 6.92 Å². The number of aryl methyl sites for hydroxylation is 3. The summed E-state index contributed by atoms with van der Waals surface area (Å²) in [5, 5.41) is 13.6. The Morgan fingerprint density at radius 3 is 2.67 bits per heavy atom. The summed E-state index contributed by atoms with van der Waals surface area (Å²) >= 11 is 6.60. The third kappa shape index (κ3) is 9.93. The van der Waals surface area contributed by atoms with Gasteiger partial charge in [-0.25, -0.2) is 14.4 Å². The van der Waals surface area contributed by atoms with E-state index in [0.717, 1.165) is 43.0 Å². The van der Waals surface area contributed by atoms with E-state index in [-0.39, 0.29) is 30.9 Å². The van der Waals surface area contributed by atoms with E-state index in [0.29, 0.717) is 69.6 Å². The van der Waals surface area contributed by atoms with Gasteiger partial charge in [0, 0.05) is 51.2 Å². The molecule has 8 rings (SSSR count). The highest BCUT2D eigenvalue weighted by Crippen LogP contribution is 2.35. The number of nitrogens with one attached hydrogen (secondary N) is 3. The molecule has 6 aromatic rings. The van der Waals surface area contributed by atoms with Crippen LogP contribution in [0.4, 0.5) is 27.8 Å². The summed E-state index contributed by atoms with van der Waals surface area (Å²) in [5.74, 6) is 0.932. The number of allylic oxidation sites excluding steroid dienone is 1. The summed E-state index contributed by atoms with van der Waals surface area (Å²) in [6.45, 7) is 8.78. The number of imidazole rings is 2. The Kier molecular flexibility index (Phi) is 13.6. The molecule has 0 saturated carbocycles. The number of aromatic nitrogens is 9. The molecular formula is C43H50ClFN14O4. The smallest absolute Gasteiger partial charge is 0.258 e. The molecule has 0 aliphatic carbocycles. The van der Waals surface area contributed by atoms with Crippen LogP contribution in [-0.2, 0) is 23.7 Å². The first-order chi connectivity index (χ1) is 30.4. The van der Waals surface area contributed by atoms with Gasteiger partial charge in [0.1, 0.15) is 11.9 Å². The van der Waals surface area contributed by atoms with Gasteiger partial charge in [-0.3, -0.25) is 29.4 Å². The number of pyridine rings is 1. The van der Waals surface area contributed by atoms with Crippen LogP contribution >= 0.6 is 11.6 Å². The second-order valence-corrected chi connectivity index (χ2v) is 15.7. The lowest BCUT2D eigenvalue weighted by Gasteiger charge is -2.26. The van der Waals surface area contributed by atoms with Crippen molar-refractivity contribution in [3.8, 4) is 5.88 Å². The van der Waals surface area contributed by atoms with Gasteiger partial charge in [0.05, 0.1) is 54.3 Å². The fourth-order valence-corrected chi connectivity index (χ4v) is 7.89. The highest BCUT2D eigenvalue weighted by molar-refractivity contribution is 6.35. The monoisotopic (exact) mass is 880 g/mol. The number of alkyl halides is 1. The van der Waals surface area contributed by atoms with Crippen LogP contribution < -0.4 is 25.6 Å². The minimum atomic E-state index is -1.26. The average Bonchev–Trinajstić information content (AvgIpc) is 3.99. The number of para-hydroxylation sites is 1. The van der Waals surface area contributed by atoms with Crippen LogP contribution in [0.25, 0.3) is 22.2 Å². The van der Waals surface area contributed by atoms with E-state index in [2.05, 4.69) is 47.6 Å². The lowest BCUT2D eigenvalue weighted by Crippen LogP contribution is -2.40. The first-order valence-electron chi connectivity index (χ1n) is 20.6. The number of nitrogens with zero attached hydrogens (tertiary/aromatic N) is 11. The second-order valence-electron chi connectivity index (χ2n) is 15.3. The van der Waals surface area contributed by atoms with E-state index in [1.54, 1.807) is 58.1 Å². The van der Waals surface area contributed by atoms with Gasteiger partial charge in [-0.05, 0) is 69.0 Å². The van der Waals surface area contributed by atoms with Crippen molar-refractivity contribution >= 4 is 74.9 Å². The fourth-order valence-electron chi connectivity index (χ4n) is 7.63. The molecule has 18 nitrogen and oxygen atoms in total. The predicted molar refractivity (Wildman–Crippen MR) is 239 cm³/mol. The molecule has 0 bridgehead atoms. The van der Waals surface area contributed by atoms with E-state index < -0.39 is 18.1 Å². The van der Waals surface area contributed by atoms with Gasteiger partial charge in [0.25, 0.3) is 11.8 Å². The number of rotatable bonds is 11. The number of fused-ring (bicyclic) bond motifs is 2. The maximum absolute atomic E-state index is 14.5. The normalized spacial score (nSPS) is 17.7. The van der Waals surface area contributed by atoms with Crippen molar-refractivity contribution in [3.63, 3.8) is 0 Å². The van der Waals surface area contributed by atoms with Crippen LogP contribution in [-0.4, -0.2) is 112 Å². The number of methoxy groups -OCH3 is 1. The molecule has 5 aromatic heterocycles. The zero-order valence-corrected chi connectivity index (χ0v) is 36.5. The van der Waals surface area contributed by atoms with Gasteiger partial charge in [0.2, 0.25) is 23.7 Å². The molecule has 3 amide bonds. The van der Waals surface area contributed by atoms with Gasteiger partial charge in [-0.15, -0.1) is 5.10 Å². The van der Waals surface area contributed by atoms with Gasteiger partial charge in [-0.2, -0.15) is 9.97 Å². The molecule has 1 aromatic carbocycles. The number of amides is 3. The molecule has 0 spiro atoms. The van der Waals surface area contributed by atoms with Crippen LogP contribution in [0.1, 0.15) is 54.7 Å². The van der Waals surface area contributed by atoms with Crippen molar-refractivity contribution in [2.24, 2.45) is 14.1 Å². The molecule has 3 N–H and O–H groups in total. The van der Waals surface area contributed by atoms with Crippen molar-refractivity contribution in [2.45, 2.75) is 57.8 Å². The maximum atomic E-state index is 14.5. The van der Waals surface area contributed by atoms with E-state index >= 15 is 0 Å². The molecule has 2 aliphatic rings. The maximum Gasteiger partial charge on any atom is 0.258 e. The second kappa shape index (κ2) is 19.4. The van der Waals surface area contributed by atoms with Crippen LogP contribution in [0.3, 0.4) is 0 Å². The molecule has 63 heavy (non-hydrogen) atoms. The summed E-state index contributed by atoms with van der Waals surface area (Å²) in [7, 11) is 5.12. The van der Waals surface area contributed by atoms with Gasteiger partial charge in [-0.1, -0.05) is 37.2 Å². The van der Waals surface area contributed by atoms with Gasteiger partial charge < -0.3 is 34.3 Å². The summed E-state index contributed by atoms with van der Waals surface area (Å²) in [4.78, 5) is 63.3. The molecule has 7 heterocycles. The number of anilines is 4. The molecular weight excluding hydrogens is 831 g/mol. The quantitative estimate of drug-likeness (QED) is 0.132. The van der Waals surface area contributed by atoms with E-state index in [1.165, 1.54) is 7.11 Å². The van der Waals surface area contributed by atoms with Crippen molar-refractivity contribution in [3.05, 3.63) is 90.1 Å². The number of hydrogen-bond donors (Lipinski definition) is 3. The first-order valence-corrected chi connectivity index (χ1v) is 21.0. The number of likely N-dealkylation sites (tertiary alicyclic amines) is 1. The summed E-state index contributed by atoms with van der Waals surface area (Å²) < 4.78 is 25.2. The molecule has 0 unspecified atom stereocenters. The third-order valence-corrected chi connectivity index (χ3v) is 11.0. The van der Waals surface area contributed by atoms with Gasteiger partial charge >= 0.3 is 0 Å². The molecule has 20 heteroatoms. The Morgan fingerprint density at radius 1 is 1.08 bits per heavy atom. The highest BCUT2D eigenvalue weighted by Gasteiger charge is 2.36. The van der Waals surface area contributed by atoms with Crippen LogP contribution in [0.5, 0.6) is 5.88 Å². The Hall–Kier alpha value is -6.89. The van der Waals surface area contributed by atoms with Crippen molar-refractivity contribution in [1.82, 2.24) is 54.1 Å². The zero-order valence-electron chi connectivity index (χ0n) is 35.8. The van der Waals surface area contributed by atoms with Crippen molar-refractivity contribution < 1.29 is 23.5 Å². The zero-order chi connectivity index (χ0) is 44.8. The average molecular weight is 881 g/mol. The summed E-state index contributed by atoms with van der Waals surface area (Å²) in [5.41, 5.74) is 4.49. The SMILES string of the molecule is C=CC(=O)N[C@@H]1CN(c2nc(Nc3cn(C)nc3OC)c3ncn(C)c3n2)C[C@H]1F.CC/C=C/C(=O)N1CCCC[C@@H](n2c(NC(=O)c3ccnc(C)c3)nc3cccc(Cl)c32)C1.